The highest BCUT2D eigenvalue weighted by molar-refractivity contribution is 5.77. The summed E-state index contributed by atoms with van der Waals surface area (Å²) < 4.78 is 19.2. The Kier molecular flexibility index (Phi) is 8.02. The van der Waals surface area contributed by atoms with Crippen LogP contribution in [0.25, 0.3) is 5.65 Å². The second-order valence-corrected chi connectivity index (χ2v) is 9.06. The zero-order valence-corrected chi connectivity index (χ0v) is 21.9. The van der Waals surface area contributed by atoms with Gasteiger partial charge < -0.3 is 23.9 Å². The smallest absolute Gasteiger partial charge is 0.221 e. The molecule has 1 amide bonds. The van der Waals surface area contributed by atoms with Gasteiger partial charge in [0.1, 0.15) is 18.1 Å². The van der Waals surface area contributed by atoms with Gasteiger partial charge in [-0.15, -0.1) is 0 Å². The van der Waals surface area contributed by atoms with E-state index < -0.39 is 0 Å². The van der Waals surface area contributed by atoms with Crippen LogP contribution in [0.4, 0.5) is 0 Å². The molecule has 0 saturated heterocycles. The summed E-state index contributed by atoms with van der Waals surface area (Å²) in [7, 11) is 3.22. The minimum Gasteiger partial charge on any atom is -0.497 e. The molecule has 0 fully saturated rings. The third-order valence-corrected chi connectivity index (χ3v) is 6.53. The number of fused-ring (bicyclic) bond motifs is 1. The first-order chi connectivity index (χ1) is 19.1. The quantitative estimate of drug-likeness (QED) is 0.258. The summed E-state index contributed by atoms with van der Waals surface area (Å²) in [6, 6.07) is 23.3. The van der Waals surface area contributed by atoms with E-state index in [0.29, 0.717) is 36.0 Å². The molecule has 198 valence electrons. The summed E-state index contributed by atoms with van der Waals surface area (Å²) in [6.07, 6.45) is 7.36. The highest BCUT2D eigenvalue weighted by Crippen LogP contribution is 2.35. The number of hydrogen-bond donors (Lipinski definition) is 1. The molecule has 0 spiro atoms. The van der Waals surface area contributed by atoms with Crippen LogP contribution < -0.4 is 19.5 Å². The molecule has 1 unspecified atom stereocenters. The van der Waals surface area contributed by atoms with Crippen molar-refractivity contribution in [2.24, 2.45) is 0 Å². The molecular formula is C31H30N4O4. The lowest BCUT2D eigenvalue weighted by atomic mass is 9.91. The van der Waals surface area contributed by atoms with Gasteiger partial charge in [0.2, 0.25) is 5.91 Å². The minimum absolute atomic E-state index is 0.0926. The van der Waals surface area contributed by atoms with Gasteiger partial charge in [-0.1, -0.05) is 30.3 Å². The van der Waals surface area contributed by atoms with Gasteiger partial charge in [0.25, 0.3) is 0 Å². The molecule has 8 heteroatoms. The molecule has 5 rings (SSSR count). The first-order valence-electron chi connectivity index (χ1n) is 12.7. The molecule has 0 saturated carbocycles. The van der Waals surface area contributed by atoms with E-state index in [9.17, 15) is 4.79 Å². The molecule has 1 atom stereocenters. The molecule has 8 nitrogen and oxygen atoms in total. The predicted molar refractivity (Wildman–Crippen MR) is 148 cm³/mol. The molecule has 39 heavy (non-hydrogen) atoms. The van der Waals surface area contributed by atoms with Crippen molar-refractivity contribution in [3.05, 3.63) is 120 Å². The van der Waals surface area contributed by atoms with Crippen LogP contribution in [-0.4, -0.2) is 34.5 Å². The van der Waals surface area contributed by atoms with Crippen molar-refractivity contribution in [2.45, 2.75) is 25.5 Å². The fraction of sp³-hybridized carbons (Fsp3) is 0.194. The Balaban J connectivity index is 1.47. The summed E-state index contributed by atoms with van der Waals surface area (Å²) >= 11 is 0. The Morgan fingerprint density at radius 3 is 2.38 bits per heavy atom. The summed E-state index contributed by atoms with van der Waals surface area (Å²) in [5.41, 5.74) is 4.46. The predicted octanol–water partition coefficient (Wildman–Crippen LogP) is 5.16. The maximum Gasteiger partial charge on any atom is 0.221 e. The zero-order valence-electron chi connectivity index (χ0n) is 21.9. The van der Waals surface area contributed by atoms with Gasteiger partial charge >= 0.3 is 0 Å². The van der Waals surface area contributed by atoms with Crippen LogP contribution in [0.3, 0.4) is 0 Å². The van der Waals surface area contributed by atoms with Crippen molar-refractivity contribution in [3.8, 4) is 17.2 Å². The maximum atomic E-state index is 13.2. The molecule has 0 bridgehead atoms. The summed E-state index contributed by atoms with van der Waals surface area (Å²) in [4.78, 5) is 22.0. The Hall–Kier alpha value is -4.85. The van der Waals surface area contributed by atoms with Crippen molar-refractivity contribution >= 4 is 11.6 Å². The van der Waals surface area contributed by atoms with Crippen molar-refractivity contribution < 1.29 is 19.0 Å². The van der Waals surface area contributed by atoms with E-state index in [4.69, 9.17) is 19.2 Å². The van der Waals surface area contributed by atoms with Crippen LogP contribution >= 0.6 is 0 Å². The number of methoxy groups -OCH3 is 2. The number of carbonyl (C=O) groups is 1. The number of ether oxygens (including phenoxy) is 3. The lowest BCUT2D eigenvalue weighted by Crippen LogP contribution is -2.25. The molecule has 0 aliphatic heterocycles. The number of rotatable bonds is 11. The van der Waals surface area contributed by atoms with Crippen LogP contribution in [0, 0.1) is 0 Å². The van der Waals surface area contributed by atoms with E-state index in [-0.39, 0.29) is 18.2 Å². The van der Waals surface area contributed by atoms with Gasteiger partial charge in [-0.2, -0.15) is 0 Å². The number of nitrogens with one attached hydrogen (secondary N) is 1. The molecule has 3 heterocycles. The Labute approximate surface area is 227 Å². The Morgan fingerprint density at radius 2 is 1.67 bits per heavy atom. The summed E-state index contributed by atoms with van der Waals surface area (Å²) in [5, 5.41) is 3.03. The van der Waals surface area contributed by atoms with E-state index in [1.807, 2.05) is 83.4 Å². The molecule has 2 aromatic carbocycles. The van der Waals surface area contributed by atoms with Crippen LogP contribution in [0.1, 0.15) is 34.7 Å². The first-order valence-corrected chi connectivity index (χ1v) is 12.7. The van der Waals surface area contributed by atoms with Crippen molar-refractivity contribution in [1.29, 1.82) is 0 Å². The highest BCUT2D eigenvalue weighted by Gasteiger charge is 2.24. The third-order valence-electron chi connectivity index (χ3n) is 6.53. The fourth-order valence-electron chi connectivity index (χ4n) is 4.49. The van der Waals surface area contributed by atoms with Crippen LogP contribution in [-0.2, 0) is 17.9 Å². The van der Waals surface area contributed by atoms with E-state index in [1.165, 1.54) is 0 Å². The topological polar surface area (TPSA) is 87.0 Å². The van der Waals surface area contributed by atoms with Crippen molar-refractivity contribution in [2.75, 3.05) is 14.2 Å². The van der Waals surface area contributed by atoms with Crippen LogP contribution in [0.2, 0.25) is 0 Å². The van der Waals surface area contributed by atoms with E-state index in [0.717, 1.165) is 22.4 Å². The zero-order chi connectivity index (χ0) is 27.0. The number of carbonyl (C=O) groups excluding carboxylic acids is 1. The SMILES string of the molecule is COc1cc(OC)cc(C(CC(=O)NCc2ccncc2)c2cnc3c(OCc4ccccc4)cccn23)c1. The van der Waals surface area contributed by atoms with Gasteiger partial charge in [-0.05, 0) is 53.1 Å². The molecule has 3 aromatic heterocycles. The number of hydrogen-bond acceptors (Lipinski definition) is 6. The third kappa shape index (κ3) is 6.18. The normalized spacial score (nSPS) is 11.6. The summed E-state index contributed by atoms with van der Waals surface area (Å²) in [5.74, 6) is 1.53. The fourth-order valence-corrected chi connectivity index (χ4v) is 4.49. The molecule has 0 aliphatic carbocycles. The Bertz CT molecular complexity index is 1510. The monoisotopic (exact) mass is 522 g/mol. The largest absolute Gasteiger partial charge is 0.497 e. The number of aromatic nitrogens is 3. The van der Waals surface area contributed by atoms with E-state index >= 15 is 0 Å². The lowest BCUT2D eigenvalue weighted by molar-refractivity contribution is -0.121. The summed E-state index contributed by atoms with van der Waals surface area (Å²) in [6.45, 7) is 0.844. The molecule has 1 N–H and O–H groups in total. The molecule has 0 radical (unpaired) electrons. The number of imidazole rings is 1. The maximum absolute atomic E-state index is 13.2. The van der Waals surface area contributed by atoms with Gasteiger partial charge in [-0.25, -0.2) is 4.98 Å². The van der Waals surface area contributed by atoms with Gasteiger partial charge in [0, 0.05) is 49.7 Å². The van der Waals surface area contributed by atoms with Crippen LogP contribution in [0.5, 0.6) is 17.2 Å². The van der Waals surface area contributed by atoms with Gasteiger partial charge in [0.05, 0.1) is 19.9 Å². The number of amides is 1. The highest BCUT2D eigenvalue weighted by atomic mass is 16.5. The molecular weight excluding hydrogens is 492 g/mol. The standard InChI is InChI=1S/C31H30N4O4/c1-37-25-15-24(16-26(17-25)38-2)27(18-30(36)33-19-22-10-12-32-13-11-22)28-20-34-31-29(9-6-14-35(28)31)39-21-23-7-4-3-5-8-23/h3-17,20,27H,18-19,21H2,1-2H3,(H,33,36). The lowest BCUT2D eigenvalue weighted by Gasteiger charge is -2.19. The van der Waals surface area contributed by atoms with E-state index in [1.54, 1.807) is 32.8 Å². The molecule has 5 aromatic rings. The van der Waals surface area contributed by atoms with Crippen molar-refractivity contribution in [3.63, 3.8) is 0 Å². The number of pyridine rings is 2. The van der Waals surface area contributed by atoms with Gasteiger partial charge in [0.15, 0.2) is 11.4 Å². The minimum atomic E-state index is -0.328. The molecule has 0 aliphatic rings. The van der Waals surface area contributed by atoms with Crippen molar-refractivity contribution in [1.82, 2.24) is 19.7 Å². The second-order valence-electron chi connectivity index (χ2n) is 9.06. The van der Waals surface area contributed by atoms with Crippen LogP contribution in [0.15, 0.2) is 97.6 Å². The van der Waals surface area contributed by atoms with Gasteiger partial charge in [-0.3, -0.25) is 9.78 Å². The number of benzene rings is 2. The Morgan fingerprint density at radius 1 is 0.923 bits per heavy atom. The average Bonchev–Trinajstić information content (AvgIpc) is 3.43. The second kappa shape index (κ2) is 12.1. The van der Waals surface area contributed by atoms with E-state index in [2.05, 4.69) is 10.3 Å². The average molecular weight is 523 g/mol. The first kappa shape index (κ1) is 25.8. The number of nitrogens with zero attached hydrogens (tertiary/aromatic N) is 3.